The van der Waals surface area contributed by atoms with Crippen molar-refractivity contribution in [2.45, 2.75) is 31.6 Å². The molecule has 4 heteroatoms. The van der Waals surface area contributed by atoms with Gasteiger partial charge in [-0.3, -0.25) is 4.79 Å². The van der Waals surface area contributed by atoms with Crippen molar-refractivity contribution in [3.63, 3.8) is 0 Å². The van der Waals surface area contributed by atoms with Crippen LogP contribution < -0.4 is 5.32 Å². The van der Waals surface area contributed by atoms with E-state index in [9.17, 15) is 4.79 Å². The fourth-order valence-electron chi connectivity index (χ4n) is 3.99. The van der Waals surface area contributed by atoms with Crippen LogP contribution in [0.2, 0.25) is 0 Å². The van der Waals surface area contributed by atoms with Crippen molar-refractivity contribution in [2.75, 3.05) is 46.8 Å². The summed E-state index contributed by atoms with van der Waals surface area (Å²) in [5.41, 5.74) is 2.20. The van der Waals surface area contributed by atoms with Crippen molar-refractivity contribution in [2.24, 2.45) is 5.92 Å². The molecule has 2 heterocycles. The molecule has 4 nitrogen and oxygen atoms in total. The topological polar surface area (TPSA) is 35.6 Å². The van der Waals surface area contributed by atoms with Crippen LogP contribution in [0, 0.1) is 5.92 Å². The quantitative estimate of drug-likeness (QED) is 0.922. The summed E-state index contributed by atoms with van der Waals surface area (Å²) in [6, 6.07) is 8.36. The van der Waals surface area contributed by atoms with E-state index < -0.39 is 0 Å². The van der Waals surface area contributed by atoms with Crippen LogP contribution in [0.25, 0.3) is 0 Å². The lowest BCUT2D eigenvalue weighted by atomic mass is 9.90. The lowest BCUT2D eigenvalue weighted by Gasteiger charge is -2.31. The lowest BCUT2D eigenvalue weighted by Crippen LogP contribution is -2.37. The molecular formula is C20H31N3O. The zero-order valence-corrected chi connectivity index (χ0v) is 15.1. The van der Waals surface area contributed by atoms with E-state index in [1.807, 2.05) is 24.1 Å². The minimum atomic E-state index is 0.158. The van der Waals surface area contributed by atoms with E-state index in [4.69, 9.17) is 0 Å². The number of amides is 1. The highest BCUT2D eigenvalue weighted by Crippen LogP contribution is 2.25. The zero-order chi connectivity index (χ0) is 16.9. The summed E-state index contributed by atoms with van der Waals surface area (Å²) in [5.74, 6) is 1.45. The monoisotopic (exact) mass is 329 g/mol. The van der Waals surface area contributed by atoms with Gasteiger partial charge in [-0.1, -0.05) is 12.1 Å². The minimum Gasteiger partial charge on any atom is -0.341 e. The third kappa shape index (κ3) is 4.37. The molecule has 2 fully saturated rings. The molecule has 3 rings (SSSR count). The summed E-state index contributed by atoms with van der Waals surface area (Å²) in [6.07, 6.45) is 4.79. The number of carbonyl (C=O) groups excluding carboxylic acids is 1. The molecule has 24 heavy (non-hydrogen) atoms. The van der Waals surface area contributed by atoms with Crippen LogP contribution in [0.4, 0.5) is 0 Å². The maximum atomic E-state index is 12.7. The fraction of sp³-hybridized carbons (Fsp3) is 0.650. The first kappa shape index (κ1) is 17.4. The van der Waals surface area contributed by atoms with Crippen LogP contribution in [-0.2, 0) is 0 Å². The van der Waals surface area contributed by atoms with E-state index >= 15 is 0 Å². The zero-order valence-electron chi connectivity index (χ0n) is 15.1. The third-order valence-electron chi connectivity index (χ3n) is 5.69. The fourth-order valence-corrected chi connectivity index (χ4v) is 3.99. The highest BCUT2D eigenvalue weighted by Gasteiger charge is 2.21. The number of rotatable bonds is 4. The molecule has 0 atom stereocenters. The second-order valence-electron chi connectivity index (χ2n) is 7.58. The standard InChI is InChI=1S/C20H31N3O/c1-22-13-9-16(10-14-22)15-23(2)20(24)19-5-3-17(4-6-19)18-7-11-21-12-8-18/h3-6,16,18,21H,7-15H2,1-2H3. The van der Waals surface area contributed by atoms with Crippen LogP contribution in [0.5, 0.6) is 0 Å². The first-order chi connectivity index (χ1) is 11.6. The molecule has 0 aromatic heterocycles. The molecule has 0 spiro atoms. The van der Waals surface area contributed by atoms with E-state index in [-0.39, 0.29) is 5.91 Å². The van der Waals surface area contributed by atoms with Gasteiger partial charge in [0.1, 0.15) is 0 Å². The second-order valence-corrected chi connectivity index (χ2v) is 7.58. The van der Waals surface area contributed by atoms with Gasteiger partial charge in [-0.25, -0.2) is 0 Å². The van der Waals surface area contributed by atoms with Gasteiger partial charge in [0.15, 0.2) is 0 Å². The average molecular weight is 329 g/mol. The molecule has 0 radical (unpaired) electrons. The molecule has 2 aliphatic heterocycles. The number of benzene rings is 1. The molecule has 1 aromatic rings. The van der Waals surface area contributed by atoms with Crippen molar-refractivity contribution < 1.29 is 4.79 Å². The predicted molar refractivity (Wildman–Crippen MR) is 98.5 cm³/mol. The molecule has 0 saturated carbocycles. The van der Waals surface area contributed by atoms with Crippen LogP contribution >= 0.6 is 0 Å². The summed E-state index contributed by atoms with van der Waals surface area (Å²) < 4.78 is 0. The molecule has 0 aliphatic carbocycles. The summed E-state index contributed by atoms with van der Waals surface area (Å²) >= 11 is 0. The molecule has 0 bridgehead atoms. The number of carbonyl (C=O) groups is 1. The van der Waals surface area contributed by atoms with Gasteiger partial charge in [-0.05, 0) is 88.4 Å². The van der Waals surface area contributed by atoms with E-state index in [1.54, 1.807) is 0 Å². The van der Waals surface area contributed by atoms with Crippen molar-refractivity contribution in [1.82, 2.24) is 15.1 Å². The van der Waals surface area contributed by atoms with Crippen molar-refractivity contribution in [3.8, 4) is 0 Å². The Kier molecular flexibility index (Phi) is 5.90. The van der Waals surface area contributed by atoms with Gasteiger partial charge in [0.25, 0.3) is 5.91 Å². The summed E-state index contributed by atoms with van der Waals surface area (Å²) in [4.78, 5) is 17.0. The van der Waals surface area contributed by atoms with E-state index in [0.29, 0.717) is 11.8 Å². The largest absolute Gasteiger partial charge is 0.341 e. The Balaban J connectivity index is 1.55. The highest BCUT2D eigenvalue weighted by molar-refractivity contribution is 5.94. The average Bonchev–Trinajstić information content (AvgIpc) is 2.64. The number of nitrogens with one attached hydrogen (secondary N) is 1. The molecule has 0 unspecified atom stereocenters. The molecule has 1 aromatic carbocycles. The molecule has 2 saturated heterocycles. The number of hydrogen-bond acceptors (Lipinski definition) is 3. The Morgan fingerprint density at radius 1 is 1.12 bits per heavy atom. The Bertz CT molecular complexity index is 528. The van der Waals surface area contributed by atoms with Crippen LogP contribution in [0.3, 0.4) is 0 Å². The van der Waals surface area contributed by atoms with E-state index in [0.717, 1.165) is 38.3 Å². The van der Waals surface area contributed by atoms with E-state index in [2.05, 4.69) is 29.4 Å². The first-order valence-corrected chi connectivity index (χ1v) is 9.38. The summed E-state index contributed by atoms with van der Waals surface area (Å²) in [5, 5.41) is 3.41. The van der Waals surface area contributed by atoms with Gasteiger partial charge in [0, 0.05) is 19.2 Å². The van der Waals surface area contributed by atoms with Crippen LogP contribution in [0.1, 0.15) is 47.5 Å². The summed E-state index contributed by atoms with van der Waals surface area (Å²) in [6.45, 7) is 5.38. The highest BCUT2D eigenvalue weighted by atomic mass is 16.2. The first-order valence-electron chi connectivity index (χ1n) is 9.38. The lowest BCUT2D eigenvalue weighted by molar-refractivity contribution is 0.0747. The number of likely N-dealkylation sites (tertiary alicyclic amines) is 1. The SMILES string of the molecule is CN1CCC(CN(C)C(=O)c2ccc(C3CCNCC3)cc2)CC1. The number of hydrogen-bond donors (Lipinski definition) is 1. The van der Waals surface area contributed by atoms with Gasteiger partial charge in [-0.2, -0.15) is 0 Å². The maximum absolute atomic E-state index is 12.7. The number of piperidine rings is 2. The van der Waals surface area contributed by atoms with Gasteiger partial charge in [0.05, 0.1) is 0 Å². The van der Waals surface area contributed by atoms with Gasteiger partial charge >= 0.3 is 0 Å². The Labute approximate surface area is 146 Å². The maximum Gasteiger partial charge on any atom is 0.253 e. The molecule has 1 amide bonds. The smallest absolute Gasteiger partial charge is 0.253 e. The molecule has 2 aliphatic rings. The minimum absolute atomic E-state index is 0.158. The number of nitrogens with zero attached hydrogens (tertiary/aromatic N) is 2. The van der Waals surface area contributed by atoms with Crippen molar-refractivity contribution in [3.05, 3.63) is 35.4 Å². The molecular weight excluding hydrogens is 298 g/mol. The molecule has 1 N–H and O–H groups in total. The van der Waals surface area contributed by atoms with Gasteiger partial charge < -0.3 is 15.1 Å². The van der Waals surface area contributed by atoms with Crippen LogP contribution in [0.15, 0.2) is 24.3 Å². The molecule has 132 valence electrons. The Hall–Kier alpha value is -1.39. The van der Waals surface area contributed by atoms with Gasteiger partial charge in [0.2, 0.25) is 0 Å². The predicted octanol–water partition coefficient (Wildman–Crippen LogP) is 2.57. The normalized spacial score (nSPS) is 20.9. The second kappa shape index (κ2) is 8.13. The summed E-state index contributed by atoms with van der Waals surface area (Å²) in [7, 11) is 4.12. The Morgan fingerprint density at radius 2 is 1.75 bits per heavy atom. The Morgan fingerprint density at radius 3 is 2.38 bits per heavy atom. The third-order valence-corrected chi connectivity index (χ3v) is 5.69. The van der Waals surface area contributed by atoms with E-state index in [1.165, 1.54) is 31.2 Å². The van der Waals surface area contributed by atoms with Crippen molar-refractivity contribution in [1.29, 1.82) is 0 Å². The van der Waals surface area contributed by atoms with Crippen LogP contribution in [-0.4, -0.2) is 62.5 Å². The van der Waals surface area contributed by atoms with Gasteiger partial charge in [-0.15, -0.1) is 0 Å². The van der Waals surface area contributed by atoms with Crippen molar-refractivity contribution >= 4 is 5.91 Å².